The van der Waals surface area contributed by atoms with Gasteiger partial charge in [-0.1, -0.05) is 6.42 Å². The molecule has 0 bridgehead atoms. The van der Waals surface area contributed by atoms with Crippen molar-refractivity contribution < 1.29 is 0 Å². The summed E-state index contributed by atoms with van der Waals surface area (Å²) >= 11 is 3.60. The minimum atomic E-state index is 0.639. The van der Waals surface area contributed by atoms with Gasteiger partial charge in [-0.05, 0) is 47.3 Å². The van der Waals surface area contributed by atoms with Crippen LogP contribution in [-0.4, -0.2) is 14.6 Å². The van der Waals surface area contributed by atoms with E-state index in [9.17, 15) is 0 Å². The summed E-state index contributed by atoms with van der Waals surface area (Å²) in [6.07, 6.45) is 5.68. The minimum Gasteiger partial charge on any atom is -0.230 e. The third-order valence-corrected chi connectivity index (χ3v) is 3.92. The molecule has 0 saturated heterocycles. The lowest BCUT2D eigenvalue weighted by molar-refractivity contribution is 0.411. The van der Waals surface area contributed by atoms with E-state index in [1.807, 2.05) is 16.8 Å². The first kappa shape index (κ1) is 9.33. The number of nitrogens with zero attached hydrogens (tertiary/aromatic N) is 3. The molecule has 0 amide bonds. The van der Waals surface area contributed by atoms with Crippen molar-refractivity contribution in [2.75, 3.05) is 0 Å². The number of aromatic nitrogens is 3. The maximum Gasteiger partial charge on any atom is 0.158 e. The highest BCUT2D eigenvalue weighted by Crippen LogP contribution is 2.39. The van der Waals surface area contributed by atoms with Crippen molar-refractivity contribution in [1.82, 2.24) is 14.6 Å². The van der Waals surface area contributed by atoms with Crippen LogP contribution < -0.4 is 0 Å². The molecule has 0 N–H and O–H groups in total. The van der Waals surface area contributed by atoms with Gasteiger partial charge in [-0.3, -0.25) is 0 Å². The lowest BCUT2D eigenvalue weighted by Crippen LogP contribution is -2.09. The fourth-order valence-electron chi connectivity index (χ4n) is 2.00. The van der Waals surface area contributed by atoms with Gasteiger partial charge in [-0.25, -0.2) is 9.50 Å². The average molecular weight is 266 g/mol. The second-order valence-corrected chi connectivity index (χ2v) is 4.92. The van der Waals surface area contributed by atoms with Gasteiger partial charge in [0.2, 0.25) is 0 Å². The van der Waals surface area contributed by atoms with Gasteiger partial charge < -0.3 is 0 Å². The second kappa shape index (κ2) is 3.30. The van der Waals surface area contributed by atoms with Crippen LogP contribution in [0.25, 0.3) is 5.65 Å². The van der Waals surface area contributed by atoms with E-state index in [2.05, 4.69) is 32.9 Å². The van der Waals surface area contributed by atoms with Crippen LogP contribution in [0.2, 0.25) is 0 Å². The average Bonchev–Trinajstić information content (AvgIpc) is 2.45. The van der Waals surface area contributed by atoms with Gasteiger partial charge in [0.15, 0.2) is 5.65 Å². The molecular weight excluding hydrogens is 254 g/mol. The Bertz CT molecular complexity index is 514. The second-order valence-electron chi connectivity index (χ2n) is 4.17. The fraction of sp³-hybridized carbons (Fsp3) is 0.455. The quantitative estimate of drug-likeness (QED) is 0.794. The van der Waals surface area contributed by atoms with Crippen molar-refractivity contribution in [1.29, 1.82) is 0 Å². The normalized spacial score (nSPS) is 16.9. The van der Waals surface area contributed by atoms with Crippen LogP contribution in [0, 0.1) is 6.92 Å². The largest absolute Gasteiger partial charge is 0.230 e. The Morgan fingerprint density at radius 2 is 2.27 bits per heavy atom. The Morgan fingerprint density at radius 3 is 2.87 bits per heavy atom. The highest BCUT2D eigenvalue weighted by molar-refractivity contribution is 9.10. The van der Waals surface area contributed by atoms with Gasteiger partial charge in [-0.15, -0.1) is 0 Å². The van der Waals surface area contributed by atoms with Gasteiger partial charge in [0.25, 0.3) is 0 Å². The molecule has 0 radical (unpaired) electrons. The van der Waals surface area contributed by atoms with E-state index in [0.717, 1.165) is 10.3 Å². The first-order chi connectivity index (χ1) is 7.27. The summed E-state index contributed by atoms with van der Waals surface area (Å²) in [6.45, 7) is 2.07. The van der Waals surface area contributed by atoms with E-state index in [0.29, 0.717) is 5.92 Å². The zero-order valence-corrected chi connectivity index (χ0v) is 10.2. The highest BCUT2D eigenvalue weighted by atomic mass is 79.9. The van der Waals surface area contributed by atoms with Gasteiger partial charge >= 0.3 is 0 Å². The smallest absolute Gasteiger partial charge is 0.158 e. The standard InChI is InChI=1S/C11H12BrN3/c1-7-5-6-13-15-10(12)9(14-11(7)15)8-3-2-4-8/h5-6,8H,2-4H2,1H3. The minimum absolute atomic E-state index is 0.639. The van der Waals surface area contributed by atoms with Gasteiger partial charge in [-0.2, -0.15) is 5.10 Å². The van der Waals surface area contributed by atoms with Crippen molar-refractivity contribution in [3.05, 3.63) is 28.1 Å². The summed E-state index contributed by atoms with van der Waals surface area (Å²) in [7, 11) is 0. The molecule has 3 nitrogen and oxygen atoms in total. The summed E-state index contributed by atoms with van der Waals surface area (Å²) in [5, 5.41) is 4.31. The zero-order chi connectivity index (χ0) is 10.4. The molecule has 2 heterocycles. The maximum atomic E-state index is 4.69. The summed E-state index contributed by atoms with van der Waals surface area (Å²) in [5.74, 6) is 0.639. The molecule has 1 aliphatic rings. The number of aryl methyl sites for hydroxylation is 1. The molecule has 0 unspecified atom stereocenters. The monoisotopic (exact) mass is 265 g/mol. The SMILES string of the molecule is Cc1ccnn2c(Br)c(C3CCC3)nc12. The Hall–Kier alpha value is -0.900. The molecule has 1 aliphatic carbocycles. The topological polar surface area (TPSA) is 30.2 Å². The lowest BCUT2D eigenvalue weighted by atomic mass is 9.83. The van der Waals surface area contributed by atoms with E-state index in [-0.39, 0.29) is 0 Å². The van der Waals surface area contributed by atoms with Crippen molar-refractivity contribution in [2.45, 2.75) is 32.1 Å². The zero-order valence-electron chi connectivity index (χ0n) is 8.57. The van der Waals surface area contributed by atoms with Crippen molar-refractivity contribution in [3.8, 4) is 0 Å². The number of hydrogen-bond donors (Lipinski definition) is 0. The van der Waals surface area contributed by atoms with Gasteiger partial charge in [0, 0.05) is 12.1 Å². The molecule has 2 aromatic heterocycles. The molecule has 78 valence electrons. The number of halogens is 1. The van der Waals surface area contributed by atoms with E-state index >= 15 is 0 Å². The van der Waals surface area contributed by atoms with E-state index in [1.54, 1.807) is 0 Å². The van der Waals surface area contributed by atoms with E-state index < -0.39 is 0 Å². The molecule has 0 atom stereocenters. The van der Waals surface area contributed by atoms with Crippen LogP contribution in [0.1, 0.15) is 36.4 Å². The predicted molar refractivity (Wildman–Crippen MR) is 62.0 cm³/mol. The van der Waals surface area contributed by atoms with Crippen LogP contribution in [0.3, 0.4) is 0 Å². The predicted octanol–water partition coefficient (Wildman–Crippen LogP) is 3.07. The number of rotatable bonds is 1. The summed E-state index contributed by atoms with van der Waals surface area (Å²) < 4.78 is 2.93. The number of imidazole rings is 1. The molecule has 15 heavy (non-hydrogen) atoms. The molecule has 4 heteroatoms. The Kier molecular flexibility index (Phi) is 2.06. The first-order valence-corrected chi connectivity index (χ1v) is 6.06. The van der Waals surface area contributed by atoms with Crippen LogP contribution in [0.5, 0.6) is 0 Å². The third kappa shape index (κ3) is 1.31. The van der Waals surface area contributed by atoms with Gasteiger partial charge in [0.1, 0.15) is 4.60 Å². The third-order valence-electron chi connectivity index (χ3n) is 3.18. The number of fused-ring (bicyclic) bond motifs is 1. The van der Waals surface area contributed by atoms with Crippen LogP contribution in [0.4, 0.5) is 0 Å². The van der Waals surface area contributed by atoms with Crippen molar-refractivity contribution in [2.24, 2.45) is 0 Å². The summed E-state index contributed by atoms with van der Waals surface area (Å²) in [6, 6.07) is 2.00. The summed E-state index contributed by atoms with van der Waals surface area (Å²) in [4.78, 5) is 4.69. The van der Waals surface area contributed by atoms with E-state index in [1.165, 1.54) is 30.5 Å². The molecule has 2 aromatic rings. The lowest BCUT2D eigenvalue weighted by Gasteiger charge is -2.23. The van der Waals surface area contributed by atoms with Crippen LogP contribution in [-0.2, 0) is 0 Å². The Labute approximate surface area is 96.6 Å². The maximum absolute atomic E-state index is 4.69. The molecule has 0 aromatic carbocycles. The Balaban J connectivity index is 2.23. The fourth-order valence-corrected chi connectivity index (χ4v) is 2.67. The Morgan fingerprint density at radius 1 is 1.47 bits per heavy atom. The van der Waals surface area contributed by atoms with Crippen molar-refractivity contribution in [3.63, 3.8) is 0 Å². The van der Waals surface area contributed by atoms with Gasteiger partial charge in [0.05, 0.1) is 5.69 Å². The van der Waals surface area contributed by atoms with Crippen molar-refractivity contribution >= 4 is 21.6 Å². The van der Waals surface area contributed by atoms with Crippen LogP contribution >= 0.6 is 15.9 Å². The number of hydrogen-bond acceptors (Lipinski definition) is 2. The molecular formula is C11H12BrN3. The molecule has 3 rings (SSSR count). The molecule has 0 aliphatic heterocycles. The van der Waals surface area contributed by atoms with Crippen LogP contribution in [0.15, 0.2) is 16.9 Å². The first-order valence-electron chi connectivity index (χ1n) is 5.27. The summed E-state index contributed by atoms with van der Waals surface area (Å²) in [5.41, 5.74) is 3.34. The highest BCUT2D eigenvalue weighted by Gasteiger charge is 2.26. The molecule has 0 spiro atoms. The molecule has 1 fully saturated rings. The molecule has 1 saturated carbocycles. The van der Waals surface area contributed by atoms with E-state index in [4.69, 9.17) is 0 Å².